The maximum Gasteiger partial charge on any atom is 0.0797 e. The Balaban J connectivity index is 1.69. The van der Waals surface area contributed by atoms with Crippen LogP contribution >= 0.6 is 0 Å². The molecule has 2 aromatic carbocycles. The van der Waals surface area contributed by atoms with E-state index < -0.39 is 0 Å². The van der Waals surface area contributed by atoms with Crippen LogP contribution < -0.4 is 5.06 Å². The lowest BCUT2D eigenvalue weighted by Gasteiger charge is -2.22. The van der Waals surface area contributed by atoms with Crippen LogP contribution in [0.4, 0.5) is 5.69 Å². The molecule has 0 fully saturated rings. The molecule has 0 bridgehead atoms. The topological polar surface area (TPSA) is 45.6 Å². The summed E-state index contributed by atoms with van der Waals surface area (Å²) in [6, 6.07) is 17.8. The van der Waals surface area contributed by atoms with Crippen molar-refractivity contribution in [3.8, 4) is 0 Å². The molecule has 122 valence electrons. The molecule has 0 spiro atoms. The molecule has 3 aromatic rings. The summed E-state index contributed by atoms with van der Waals surface area (Å²) in [5.74, 6) is 0. The van der Waals surface area contributed by atoms with Crippen molar-refractivity contribution in [1.82, 2.24) is 4.98 Å². The number of benzene rings is 2. The number of aromatic nitrogens is 1. The normalized spacial score (nSPS) is 15.2. The molecule has 0 saturated carbocycles. The van der Waals surface area contributed by atoms with Crippen LogP contribution in [-0.2, 0) is 4.99 Å². The molecule has 4 nitrogen and oxygen atoms in total. The molecule has 1 aliphatic rings. The van der Waals surface area contributed by atoms with E-state index in [1.165, 1.54) is 5.06 Å². The van der Waals surface area contributed by atoms with Gasteiger partial charge in [-0.15, -0.1) is 4.99 Å². The number of fused-ring (bicyclic) bond motifs is 2. The summed E-state index contributed by atoms with van der Waals surface area (Å²) >= 11 is 0. The zero-order valence-corrected chi connectivity index (χ0v) is 13.4. The predicted octanol–water partition coefficient (Wildman–Crippen LogP) is 5.07. The van der Waals surface area contributed by atoms with Gasteiger partial charge >= 0.3 is 0 Å². The minimum atomic E-state index is 0.793. The van der Waals surface area contributed by atoms with Gasteiger partial charge in [-0.25, -0.2) is 5.26 Å². The Morgan fingerprint density at radius 1 is 1.00 bits per heavy atom. The standard InChI is InChI=1S/C21H16N2O2/c24-25-23-15-13-17(19-9-2-4-11-21(19)23)7-5-6-16-12-14-22-20-10-3-1-8-18(16)20/h1-15,24H/b6-5+,17-7+. The fourth-order valence-electron chi connectivity index (χ4n) is 2.96. The maximum absolute atomic E-state index is 8.98. The second-order valence-electron chi connectivity index (χ2n) is 5.64. The molecule has 25 heavy (non-hydrogen) atoms. The maximum atomic E-state index is 8.98. The van der Waals surface area contributed by atoms with Gasteiger partial charge in [0, 0.05) is 23.3 Å². The van der Waals surface area contributed by atoms with E-state index in [0.29, 0.717) is 0 Å². The van der Waals surface area contributed by atoms with Crippen LogP contribution in [0.3, 0.4) is 0 Å². The first-order valence-electron chi connectivity index (χ1n) is 7.97. The Bertz CT molecular complexity index is 1000. The van der Waals surface area contributed by atoms with Crippen LogP contribution in [-0.4, -0.2) is 10.2 Å². The van der Waals surface area contributed by atoms with Crippen LogP contribution in [0, 0.1) is 0 Å². The van der Waals surface area contributed by atoms with E-state index in [9.17, 15) is 0 Å². The van der Waals surface area contributed by atoms with Crippen LogP contribution in [0.5, 0.6) is 0 Å². The molecule has 4 heteroatoms. The lowest BCUT2D eigenvalue weighted by atomic mass is 10.0. The van der Waals surface area contributed by atoms with Gasteiger partial charge in [-0.1, -0.05) is 54.6 Å². The number of allylic oxidation sites excluding steroid dienone is 4. The summed E-state index contributed by atoms with van der Waals surface area (Å²) in [7, 11) is 0. The molecule has 2 heterocycles. The molecule has 1 aliphatic heterocycles. The van der Waals surface area contributed by atoms with Crippen molar-refractivity contribution in [3.05, 3.63) is 96.3 Å². The number of pyridine rings is 1. The molecule has 4 rings (SSSR count). The molecular weight excluding hydrogens is 312 g/mol. The van der Waals surface area contributed by atoms with Gasteiger partial charge in [0.1, 0.15) is 0 Å². The molecule has 0 unspecified atom stereocenters. The van der Waals surface area contributed by atoms with E-state index in [0.717, 1.165) is 33.3 Å². The summed E-state index contributed by atoms with van der Waals surface area (Å²) < 4.78 is 0. The second kappa shape index (κ2) is 6.73. The molecule has 0 amide bonds. The summed E-state index contributed by atoms with van der Waals surface area (Å²) in [5.41, 5.74) is 4.93. The van der Waals surface area contributed by atoms with E-state index in [-0.39, 0.29) is 0 Å². The molecule has 0 aliphatic carbocycles. The molecule has 1 N–H and O–H groups in total. The third kappa shape index (κ3) is 2.96. The third-order valence-electron chi connectivity index (χ3n) is 4.16. The van der Waals surface area contributed by atoms with Gasteiger partial charge in [0.2, 0.25) is 0 Å². The van der Waals surface area contributed by atoms with Gasteiger partial charge in [0.25, 0.3) is 0 Å². The Hall–Kier alpha value is -3.21. The highest BCUT2D eigenvalue weighted by atomic mass is 17.2. The number of nitrogens with zero attached hydrogens (tertiary/aromatic N) is 2. The number of hydrogen-bond donors (Lipinski definition) is 1. The van der Waals surface area contributed by atoms with Crippen molar-refractivity contribution >= 4 is 28.2 Å². The van der Waals surface area contributed by atoms with Gasteiger partial charge in [-0.05, 0) is 35.4 Å². The van der Waals surface area contributed by atoms with Gasteiger partial charge < -0.3 is 0 Å². The first-order valence-corrected chi connectivity index (χ1v) is 7.97. The monoisotopic (exact) mass is 328 g/mol. The van der Waals surface area contributed by atoms with Crippen LogP contribution in [0.15, 0.2) is 85.2 Å². The third-order valence-corrected chi connectivity index (χ3v) is 4.16. The smallest absolute Gasteiger partial charge is 0.0797 e. The highest BCUT2D eigenvalue weighted by Crippen LogP contribution is 2.32. The first-order chi connectivity index (χ1) is 12.4. The van der Waals surface area contributed by atoms with Crippen molar-refractivity contribution in [3.63, 3.8) is 0 Å². The molecule has 0 saturated heterocycles. The van der Waals surface area contributed by atoms with Crippen LogP contribution in [0.2, 0.25) is 0 Å². The summed E-state index contributed by atoms with van der Waals surface area (Å²) in [4.78, 5) is 8.77. The molecule has 0 atom stereocenters. The number of hydrogen-bond acceptors (Lipinski definition) is 4. The highest BCUT2D eigenvalue weighted by molar-refractivity contribution is 5.89. The minimum Gasteiger partial charge on any atom is -0.256 e. The lowest BCUT2D eigenvalue weighted by molar-refractivity contribution is -0.245. The summed E-state index contributed by atoms with van der Waals surface area (Å²) in [6.07, 6.45) is 11.5. The largest absolute Gasteiger partial charge is 0.256 e. The highest BCUT2D eigenvalue weighted by Gasteiger charge is 2.15. The quantitative estimate of drug-likeness (QED) is 0.538. The van der Waals surface area contributed by atoms with Crippen molar-refractivity contribution in [2.24, 2.45) is 0 Å². The molecule has 1 aromatic heterocycles. The lowest BCUT2D eigenvalue weighted by Crippen LogP contribution is -2.18. The van der Waals surface area contributed by atoms with E-state index in [1.807, 2.05) is 73.0 Å². The van der Waals surface area contributed by atoms with Gasteiger partial charge in [0.05, 0.1) is 11.2 Å². The Morgan fingerprint density at radius 3 is 2.76 bits per heavy atom. The van der Waals surface area contributed by atoms with Crippen molar-refractivity contribution in [2.75, 3.05) is 5.06 Å². The van der Waals surface area contributed by atoms with Gasteiger partial charge in [0.15, 0.2) is 0 Å². The van der Waals surface area contributed by atoms with E-state index >= 15 is 0 Å². The fourth-order valence-corrected chi connectivity index (χ4v) is 2.96. The SMILES string of the molecule is OON1C=C/C(=C\C=C\c2ccnc3ccccc23)c2ccccc21. The second-order valence-corrected chi connectivity index (χ2v) is 5.64. The van der Waals surface area contributed by atoms with E-state index in [4.69, 9.17) is 5.26 Å². The molecule has 0 radical (unpaired) electrons. The van der Waals surface area contributed by atoms with Crippen molar-refractivity contribution < 1.29 is 10.2 Å². The predicted molar refractivity (Wildman–Crippen MR) is 101 cm³/mol. The van der Waals surface area contributed by atoms with E-state index in [2.05, 4.69) is 22.1 Å². The summed E-state index contributed by atoms with van der Waals surface area (Å²) in [5, 5.41) is 11.4. The Kier molecular flexibility index (Phi) is 4.12. The Morgan fingerprint density at radius 2 is 1.84 bits per heavy atom. The average molecular weight is 328 g/mol. The number of anilines is 1. The van der Waals surface area contributed by atoms with E-state index in [1.54, 1.807) is 6.20 Å². The fraction of sp³-hybridized carbons (Fsp3) is 0. The van der Waals surface area contributed by atoms with Crippen LogP contribution in [0.1, 0.15) is 11.1 Å². The van der Waals surface area contributed by atoms with Crippen molar-refractivity contribution in [1.29, 1.82) is 0 Å². The zero-order chi connectivity index (χ0) is 17.1. The number of hydroxylamine groups is 1. The van der Waals surface area contributed by atoms with Crippen molar-refractivity contribution in [2.45, 2.75) is 0 Å². The Labute approximate surface area is 145 Å². The average Bonchev–Trinajstić information content (AvgIpc) is 2.68. The minimum absolute atomic E-state index is 0.793. The molecular formula is C21H16N2O2. The number of rotatable bonds is 3. The van der Waals surface area contributed by atoms with Gasteiger partial charge in [-0.3, -0.25) is 4.98 Å². The van der Waals surface area contributed by atoms with Crippen LogP contribution in [0.25, 0.3) is 22.6 Å². The summed E-state index contributed by atoms with van der Waals surface area (Å²) in [6.45, 7) is 0. The number of para-hydroxylation sites is 2. The van der Waals surface area contributed by atoms with Gasteiger partial charge in [-0.2, -0.15) is 5.06 Å². The first kappa shape index (κ1) is 15.3. The zero-order valence-electron chi connectivity index (χ0n) is 13.4.